The maximum absolute atomic E-state index is 12.9. The number of hydrogen-bond donors (Lipinski definition) is 0. The van der Waals surface area contributed by atoms with Gasteiger partial charge in [-0.05, 0) is 43.0 Å². The zero-order chi connectivity index (χ0) is 16.2. The lowest BCUT2D eigenvalue weighted by molar-refractivity contribution is 0.262. The fourth-order valence-electron chi connectivity index (χ4n) is 2.59. The summed E-state index contributed by atoms with van der Waals surface area (Å²) in [6, 6.07) is 7.81. The summed E-state index contributed by atoms with van der Waals surface area (Å²) < 4.78 is 24.1. The molecule has 0 saturated carbocycles. The molecule has 0 spiro atoms. The molecule has 1 aromatic carbocycles. The molecule has 1 aliphatic heterocycles. The zero-order valence-corrected chi connectivity index (χ0v) is 13.0. The van der Waals surface area contributed by atoms with Gasteiger partial charge in [-0.15, -0.1) is 0 Å². The standard InChI is InChI=1S/C17H18FN3O2/c1-12-6-8-21(9-7-12)17-15(10-19)20-16(23-17)11-22-14-4-2-13(18)3-5-14/h2-5,12H,6-9,11H2,1H3. The smallest absolute Gasteiger partial charge is 0.236 e. The Kier molecular flexibility index (Phi) is 4.47. The largest absolute Gasteiger partial charge is 0.484 e. The molecule has 0 radical (unpaired) electrons. The first-order valence-corrected chi connectivity index (χ1v) is 7.69. The van der Waals surface area contributed by atoms with Gasteiger partial charge >= 0.3 is 0 Å². The highest BCUT2D eigenvalue weighted by atomic mass is 19.1. The van der Waals surface area contributed by atoms with E-state index in [0.717, 1.165) is 25.9 Å². The molecule has 3 rings (SSSR count). The molecule has 1 saturated heterocycles. The Morgan fingerprint density at radius 3 is 2.70 bits per heavy atom. The molecule has 0 unspecified atom stereocenters. The van der Waals surface area contributed by atoms with Crippen LogP contribution in [0.5, 0.6) is 5.75 Å². The molecule has 1 fully saturated rings. The zero-order valence-electron chi connectivity index (χ0n) is 13.0. The minimum Gasteiger partial charge on any atom is -0.484 e. The van der Waals surface area contributed by atoms with Crippen molar-refractivity contribution >= 4 is 5.88 Å². The van der Waals surface area contributed by atoms with Crippen molar-refractivity contribution in [2.45, 2.75) is 26.4 Å². The monoisotopic (exact) mass is 315 g/mol. The van der Waals surface area contributed by atoms with E-state index < -0.39 is 0 Å². The van der Waals surface area contributed by atoms with E-state index in [-0.39, 0.29) is 18.1 Å². The predicted octanol–water partition coefficient (Wildman–Crippen LogP) is 3.50. The van der Waals surface area contributed by atoms with Crippen molar-refractivity contribution in [3.63, 3.8) is 0 Å². The van der Waals surface area contributed by atoms with Gasteiger partial charge in [-0.3, -0.25) is 0 Å². The average Bonchev–Trinajstić information content (AvgIpc) is 2.98. The lowest BCUT2D eigenvalue weighted by atomic mass is 9.99. The molecule has 120 valence electrons. The number of piperidine rings is 1. The topological polar surface area (TPSA) is 62.3 Å². The summed E-state index contributed by atoms with van der Waals surface area (Å²) in [6.07, 6.45) is 2.15. The third-order valence-electron chi connectivity index (χ3n) is 4.01. The molecule has 23 heavy (non-hydrogen) atoms. The van der Waals surface area contributed by atoms with Crippen LogP contribution in [0.4, 0.5) is 10.3 Å². The first-order chi connectivity index (χ1) is 11.2. The van der Waals surface area contributed by atoms with Crippen molar-refractivity contribution in [2.24, 2.45) is 5.92 Å². The van der Waals surface area contributed by atoms with Crippen LogP contribution < -0.4 is 9.64 Å². The number of nitriles is 1. The number of benzene rings is 1. The Morgan fingerprint density at radius 1 is 1.35 bits per heavy atom. The van der Waals surface area contributed by atoms with E-state index in [1.165, 1.54) is 24.3 Å². The summed E-state index contributed by atoms with van der Waals surface area (Å²) in [6.45, 7) is 4.06. The van der Waals surface area contributed by atoms with Crippen molar-refractivity contribution in [3.05, 3.63) is 41.7 Å². The van der Waals surface area contributed by atoms with Crippen molar-refractivity contribution in [1.82, 2.24) is 4.98 Å². The van der Waals surface area contributed by atoms with E-state index in [9.17, 15) is 9.65 Å². The number of hydrogen-bond acceptors (Lipinski definition) is 5. The van der Waals surface area contributed by atoms with Crippen LogP contribution in [0.15, 0.2) is 28.7 Å². The molecule has 0 aliphatic carbocycles. The average molecular weight is 315 g/mol. The minimum absolute atomic E-state index is 0.102. The van der Waals surface area contributed by atoms with Gasteiger partial charge in [0.25, 0.3) is 0 Å². The van der Waals surface area contributed by atoms with E-state index in [0.29, 0.717) is 23.4 Å². The normalized spacial score (nSPS) is 15.4. The van der Waals surface area contributed by atoms with Gasteiger partial charge < -0.3 is 14.1 Å². The second-order valence-electron chi connectivity index (χ2n) is 5.79. The molecule has 2 heterocycles. The molecule has 0 N–H and O–H groups in total. The highest BCUT2D eigenvalue weighted by Gasteiger charge is 2.23. The number of rotatable bonds is 4. The Bertz CT molecular complexity index is 698. The number of nitrogens with zero attached hydrogens (tertiary/aromatic N) is 3. The maximum Gasteiger partial charge on any atom is 0.236 e. The Hall–Kier alpha value is -2.55. The van der Waals surface area contributed by atoms with Gasteiger partial charge in [-0.2, -0.15) is 10.2 Å². The van der Waals surface area contributed by atoms with Crippen LogP contribution in [-0.2, 0) is 6.61 Å². The quantitative estimate of drug-likeness (QED) is 0.864. The van der Waals surface area contributed by atoms with Crippen LogP contribution in [0, 0.1) is 23.1 Å². The third-order valence-corrected chi connectivity index (χ3v) is 4.01. The van der Waals surface area contributed by atoms with E-state index in [1.807, 2.05) is 0 Å². The summed E-state index contributed by atoms with van der Waals surface area (Å²) in [5.74, 6) is 1.77. The molecule has 5 nitrogen and oxygen atoms in total. The van der Waals surface area contributed by atoms with Gasteiger partial charge in [0.05, 0.1) is 0 Å². The number of oxazole rings is 1. The SMILES string of the molecule is CC1CCN(c2oc(COc3ccc(F)cc3)nc2C#N)CC1. The highest BCUT2D eigenvalue weighted by Crippen LogP contribution is 2.27. The molecule has 6 heteroatoms. The summed E-state index contributed by atoms with van der Waals surface area (Å²) in [4.78, 5) is 6.25. The molecule has 0 bridgehead atoms. The van der Waals surface area contributed by atoms with E-state index in [1.54, 1.807) is 0 Å². The van der Waals surface area contributed by atoms with E-state index in [2.05, 4.69) is 22.9 Å². The van der Waals surface area contributed by atoms with Crippen molar-refractivity contribution < 1.29 is 13.5 Å². The number of halogens is 1. The van der Waals surface area contributed by atoms with Gasteiger partial charge in [0.15, 0.2) is 6.61 Å². The number of ether oxygens (including phenoxy) is 1. The molecule has 1 aromatic heterocycles. The molecule has 2 aromatic rings. The van der Waals surface area contributed by atoms with E-state index in [4.69, 9.17) is 9.15 Å². The van der Waals surface area contributed by atoms with Crippen LogP contribution in [0.3, 0.4) is 0 Å². The molecule has 1 aliphatic rings. The third kappa shape index (κ3) is 3.62. The minimum atomic E-state index is -0.318. The van der Waals surface area contributed by atoms with Crippen molar-refractivity contribution in [1.29, 1.82) is 5.26 Å². The summed E-state index contributed by atoms with van der Waals surface area (Å²) in [7, 11) is 0. The molecular weight excluding hydrogens is 297 g/mol. The van der Waals surface area contributed by atoms with E-state index >= 15 is 0 Å². The second-order valence-corrected chi connectivity index (χ2v) is 5.79. The summed E-state index contributed by atoms with van der Waals surface area (Å²) in [5, 5.41) is 9.25. The lowest BCUT2D eigenvalue weighted by Crippen LogP contribution is -2.32. The first kappa shape index (κ1) is 15.3. The second kappa shape index (κ2) is 6.69. The maximum atomic E-state index is 12.9. The fourth-order valence-corrected chi connectivity index (χ4v) is 2.59. The Labute approximate surface area is 134 Å². The fraction of sp³-hybridized carbons (Fsp3) is 0.412. The highest BCUT2D eigenvalue weighted by molar-refractivity contribution is 5.48. The number of anilines is 1. The van der Waals surface area contributed by atoms with Crippen molar-refractivity contribution in [3.8, 4) is 11.8 Å². The van der Waals surface area contributed by atoms with Gasteiger partial charge in [0, 0.05) is 13.1 Å². The molecule has 0 atom stereocenters. The summed E-state index contributed by atoms with van der Waals surface area (Å²) >= 11 is 0. The predicted molar refractivity (Wildman–Crippen MR) is 82.6 cm³/mol. The summed E-state index contributed by atoms with van der Waals surface area (Å²) in [5.41, 5.74) is 0.289. The molecule has 0 amide bonds. The lowest BCUT2D eigenvalue weighted by Gasteiger charge is -2.29. The van der Waals surface area contributed by atoms with Gasteiger partial charge in [-0.25, -0.2) is 4.39 Å². The Balaban J connectivity index is 1.69. The first-order valence-electron chi connectivity index (χ1n) is 7.69. The number of aromatic nitrogens is 1. The van der Waals surface area contributed by atoms with Gasteiger partial charge in [0.2, 0.25) is 17.5 Å². The van der Waals surface area contributed by atoms with Crippen molar-refractivity contribution in [2.75, 3.05) is 18.0 Å². The van der Waals surface area contributed by atoms with Crippen LogP contribution in [0.1, 0.15) is 31.4 Å². The van der Waals surface area contributed by atoms with Gasteiger partial charge in [0.1, 0.15) is 17.6 Å². The van der Waals surface area contributed by atoms with Crippen LogP contribution in [0.25, 0.3) is 0 Å². The Morgan fingerprint density at radius 2 is 2.04 bits per heavy atom. The van der Waals surface area contributed by atoms with Gasteiger partial charge in [-0.1, -0.05) is 6.92 Å². The van der Waals surface area contributed by atoms with Crippen LogP contribution in [-0.4, -0.2) is 18.1 Å². The molecular formula is C17H18FN3O2. The van der Waals surface area contributed by atoms with Crippen LogP contribution >= 0.6 is 0 Å². The van der Waals surface area contributed by atoms with Crippen LogP contribution in [0.2, 0.25) is 0 Å².